The number of carbonyl (C=O) groups excluding carboxylic acids is 2. The van der Waals surface area contributed by atoms with E-state index in [0.717, 1.165) is 57.4 Å². The summed E-state index contributed by atoms with van der Waals surface area (Å²) in [6.45, 7) is 4.85. The average molecular weight is 529 g/mol. The Morgan fingerprint density at radius 3 is 2.59 bits per heavy atom. The fraction of sp³-hybridized carbons (Fsp3) is 0.577. The zero-order valence-electron chi connectivity index (χ0n) is 21.4. The maximum absolute atomic E-state index is 13.5. The van der Waals surface area contributed by atoms with Gasteiger partial charge in [0.2, 0.25) is 11.9 Å². The molecule has 200 valence electrons. The highest BCUT2D eigenvalue weighted by molar-refractivity contribution is 6.31. The van der Waals surface area contributed by atoms with Crippen LogP contribution in [0.3, 0.4) is 0 Å². The van der Waals surface area contributed by atoms with Gasteiger partial charge in [-0.3, -0.25) is 14.2 Å². The molecule has 5 heterocycles. The molecule has 5 N–H and O–H groups in total. The van der Waals surface area contributed by atoms with Gasteiger partial charge in [-0.1, -0.05) is 29.8 Å². The van der Waals surface area contributed by atoms with Crippen molar-refractivity contribution < 1.29 is 9.59 Å². The topological polar surface area (TPSA) is 121 Å². The van der Waals surface area contributed by atoms with Crippen molar-refractivity contribution in [3.63, 3.8) is 0 Å². The maximum Gasteiger partial charge on any atom is 0.272 e. The highest BCUT2D eigenvalue weighted by Gasteiger charge is 2.35. The van der Waals surface area contributed by atoms with Crippen LogP contribution in [0.5, 0.6) is 0 Å². The number of amides is 2. The van der Waals surface area contributed by atoms with Gasteiger partial charge in [0.1, 0.15) is 0 Å². The second-order valence-corrected chi connectivity index (χ2v) is 10.8. The lowest BCUT2D eigenvalue weighted by molar-refractivity contribution is -0.122. The molecular formula is C26H37ClN8O2. The fourth-order valence-corrected chi connectivity index (χ4v) is 6.05. The summed E-state index contributed by atoms with van der Waals surface area (Å²) < 4.78 is 1.88. The zero-order chi connectivity index (χ0) is 25.9. The lowest BCUT2D eigenvalue weighted by Crippen LogP contribution is -2.58. The molecule has 2 amide bonds. The number of hydrogen-bond acceptors (Lipinski definition) is 7. The van der Waals surface area contributed by atoms with E-state index < -0.39 is 0 Å². The highest BCUT2D eigenvalue weighted by Crippen LogP contribution is 2.29. The number of rotatable bonds is 8. The van der Waals surface area contributed by atoms with E-state index in [9.17, 15) is 9.59 Å². The minimum atomic E-state index is -0.361. The number of nitrogens with two attached hydrogens (primary N) is 1. The Hall–Kier alpha value is -2.82. The summed E-state index contributed by atoms with van der Waals surface area (Å²) in [7, 11) is 1.74. The third-order valence-corrected chi connectivity index (χ3v) is 8.21. The van der Waals surface area contributed by atoms with E-state index in [1.165, 1.54) is 0 Å². The Bertz CT molecular complexity index is 1130. The first-order valence-corrected chi connectivity index (χ1v) is 13.6. The molecule has 37 heavy (non-hydrogen) atoms. The molecule has 0 saturated carbocycles. The van der Waals surface area contributed by atoms with Gasteiger partial charge < -0.3 is 31.5 Å². The molecule has 4 aliphatic rings. The third-order valence-electron chi connectivity index (χ3n) is 7.84. The number of nitrogens with one attached hydrogen (secondary N) is 3. The molecule has 4 fully saturated rings. The van der Waals surface area contributed by atoms with E-state index in [1.807, 2.05) is 28.8 Å². The molecule has 4 saturated heterocycles. The molecule has 2 aromatic rings. The minimum absolute atomic E-state index is 0.0459. The number of imidazole rings is 1. The fourth-order valence-electron chi connectivity index (χ4n) is 5.86. The summed E-state index contributed by atoms with van der Waals surface area (Å²) in [5, 5.41) is 9.65. The molecule has 10 nitrogen and oxygen atoms in total. The van der Waals surface area contributed by atoms with Gasteiger partial charge in [-0.2, -0.15) is 4.98 Å². The van der Waals surface area contributed by atoms with Gasteiger partial charge in [0.05, 0.1) is 13.1 Å². The van der Waals surface area contributed by atoms with Crippen molar-refractivity contribution in [2.75, 3.05) is 56.5 Å². The monoisotopic (exact) mass is 528 g/mol. The number of anilines is 2. The molecule has 1 aromatic carbocycles. The first-order chi connectivity index (χ1) is 17.9. The van der Waals surface area contributed by atoms with Crippen LogP contribution in [-0.4, -0.2) is 84.7 Å². The van der Waals surface area contributed by atoms with Gasteiger partial charge in [-0.15, -0.1) is 0 Å². The lowest BCUT2D eigenvalue weighted by Gasteiger charge is -2.44. The predicted molar refractivity (Wildman–Crippen MR) is 145 cm³/mol. The lowest BCUT2D eigenvalue weighted by atomic mass is 9.84. The zero-order valence-corrected chi connectivity index (χ0v) is 22.1. The number of halogens is 1. The van der Waals surface area contributed by atoms with E-state index in [0.29, 0.717) is 41.5 Å². The van der Waals surface area contributed by atoms with E-state index in [4.69, 9.17) is 22.3 Å². The van der Waals surface area contributed by atoms with Crippen molar-refractivity contribution in [3.05, 3.63) is 40.5 Å². The molecule has 0 spiro atoms. The van der Waals surface area contributed by atoms with E-state index in [2.05, 4.69) is 25.8 Å². The molecular weight excluding hydrogens is 492 g/mol. The van der Waals surface area contributed by atoms with Crippen molar-refractivity contribution in [1.82, 2.24) is 25.1 Å². The average Bonchev–Trinajstić information content (AvgIpc) is 3.27. The normalized spacial score (nSPS) is 25.1. The number of hydrogen-bond donors (Lipinski definition) is 4. The minimum Gasteiger partial charge on any atom is -0.371 e. The number of benzene rings is 1. The second kappa shape index (κ2) is 11.3. The Balaban J connectivity index is 1.36. The number of nitrogens with zero attached hydrogens (tertiary/aromatic N) is 4. The summed E-state index contributed by atoms with van der Waals surface area (Å²) >= 11 is 6.49. The molecule has 1 unspecified atom stereocenters. The van der Waals surface area contributed by atoms with Crippen LogP contribution in [0.2, 0.25) is 5.02 Å². The van der Waals surface area contributed by atoms with Crippen molar-refractivity contribution in [3.8, 4) is 0 Å². The van der Waals surface area contributed by atoms with Crippen molar-refractivity contribution in [2.45, 2.75) is 44.3 Å². The SMILES string of the molecule is CNc1nc(N2CCC[C@@H](N)C2)n(Cc2ccccc2Cl)c1C(=O)NCC(=O)NC1CN2CCC1CC2. The molecule has 4 aliphatic heterocycles. The predicted octanol–water partition coefficient (Wildman–Crippen LogP) is 1.49. The summed E-state index contributed by atoms with van der Waals surface area (Å²) in [5.74, 6) is 1.12. The van der Waals surface area contributed by atoms with Crippen LogP contribution in [0.15, 0.2) is 24.3 Å². The quantitative estimate of drug-likeness (QED) is 0.409. The van der Waals surface area contributed by atoms with Crippen LogP contribution in [0.1, 0.15) is 41.7 Å². The van der Waals surface area contributed by atoms with Crippen LogP contribution in [0.4, 0.5) is 11.8 Å². The molecule has 6 rings (SSSR count). The Morgan fingerprint density at radius 1 is 1.14 bits per heavy atom. The van der Waals surface area contributed by atoms with Gasteiger partial charge in [-0.25, -0.2) is 0 Å². The smallest absolute Gasteiger partial charge is 0.272 e. The Labute approximate surface area is 222 Å². The summed E-state index contributed by atoms with van der Waals surface area (Å²) in [6, 6.07) is 7.78. The summed E-state index contributed by atoms with van der Waals surface area (Å²) in [6.07, 6.45) is 4.15. The van der Waals surface area contributed by atoms with Gasteiger partial charge in [-0.05, 0) is 56.3 Å². The largest absolute Gasteiger partial charge is 0.371 e. The molecule has 0 aliphatic carbocycles. The standard InChI is InChI=1S/C26H37ClN8O2/c1-29-24-23(25(37)30-13-22(36)31-21-16-33-11-8-17(21)9-12-33)35(14-18-5-2-3-7-20(18)27)26(32-24)34-10-4-6-19(28)15-34/h2-3,5,7,17,19,21,29H,4,6,8-16,28H2,1H3,(H,30,37)(H,31,36)/t19-,21?/m1/s1. The van der Waals surface area contributed by atoms with Gasteiger partial charge in [0.15, 0.2) is 11.5 Å². The van der Waals surface area contributed by atoms with Crippen LogP contribution in [-0.2, 0) is 11.3 Å². The van der Waals surface area contributed by atoms with Crippen molar-refractivity contribution >= 4 is 35.2 Å². The van der Waals surface area contributed by atoms with E-state index >= 15 is 0 Å². The highest BCUT2D eigenvalue weighted by atomic mass is 35.5. The van der Waals surface area contributed by atoms with Crippen LogP contribution >= 0.6 is 11.6 Å². The molecule has 0 radical (unpaired) electrons. The molecule has 2 atom stereocenters. The number of aromatic nitrogens is 2. The van der Waals surface area contributed by atoms with Crippen LogP contribution < -0.4 is 26.6 Å². The summed E-state index contributed by atoms with van der Waals surface area (Å²) in [4.78, 5) is 35.6. The number of fused-ring (bicyclic) bond motifs is 3. The molecule has 1 aromatic heterocycles. The number of piperidine rings is 4. The maximum atomic E-state index is 13.5. The molecule has 2 bridgehead atoms. The van der Waals surface area contributed by atoms with Gasteiger partial charge in [0.25, 0.3) is 5.91 Å². The first-order valence-electron chi connectivity index (χ1n) is 13.2. The molecule has 11 heteroatoms. The van der Waals surface area contributed by atoms with Crippen molar-refractivity contribution in [1.29, 1.82) is 0 Å². The van der Waals surface area contributed by atoms with Crippen LogP contribution in [0, 0.1) is 5.92 Å². The van der Waals surface area contributed by atoms with Gasteiger partial charge >= 0.3 is 0 Å². The van der Waals surface area contributed by atoms with Gasteiger partial charge in [0, 0.05) is 43.8 Å². The van der Waals surface area contributed by atoms with E-state index in [1.54, 1.807) is 7.05 Å². The first kappa shape index (κ1) is 25.8. The van der Waals surface area contributed by atoms with E-state index in [-0.39, 0.29) is 30.4 Å². The Kier molecular flexibility index (Phi) is 7.87. The Morgan fingerprint density at radius 2 is 1.92 bits per heavy atom. The number of carbonyl (C=O) groups is 2. The second-order valence-electron chi connectivity index (χ2n) is 10.4. The van der Waals surface area contributed by atoms with Crippen LogP contribution in [0.25, 0.3) is 0 Å². The van der Waals surface area contributed by atoms with Crippen molar-refractivity contribution in [2.24, 2.45) is 11.7 Å². The third kappa shape index (κ3) is 5.71. The summed E-state index contributed by atoms with van der Waals surface area (Å²) in [5.41, 5.74) is 7.51.